The molecule has 1 rings (SSSR count). The SMILES string of the molecule is CCCNC(=O)CNC(=O)C1(CC)CCNCC1. The van der Waals surface area contributed by atoms with Gasteiger partial charge >= 0.3 is 0 Å². The maximum Gasteiger partial charge on any atom is 0.239 e. The number of piperidine rings is 1. The molecule has 1 aliphatic heterocycles. The Bertz CT molecular complexity index is 286. The topological polar surface area (TPSA) is 70.2 Å². The van der Waals surface area contributed by atoms with Gasteiger partial charge in [-0.1, -0.05) is 13.8 Å². The molecule has 0 saturated carbocycles. The zero-order valence-corrected chi connectivity index (χ0v) is 11.5. The molecule has 0 bridgehead atoms. The lowest BCUT2D eigenvalue weighted by atomic mass is 9.76. The largest absolute Gasteiger partial charge is 0.355 e. The average molecular weight is 255 g/mol. The first-order chi connectivity index (χ1) is 8.64. The van der Waals surface area contributed by atoms with Crippen LogP contribution in [0.25, 0.3) is 0 Å². The molecule has 0 spiro atoms. The Hall–Kier alpha value is -1.10. The second-order valence-corrected chi connectivity index (χ2v) is 4.92. The smallest absolute Gasteiger partial charge is 0.239 e. The third-order valence-corrected chi connectivity index (χ3v) is 3.70. The van der Waals surface area contributed by atoms with Crippen LogP contribution in [0.5, 0.6) is 0 Å². The van der Waals surface area contributed by atoms with E-state index in [-0.39, 0.29) is 23.8 Å². The second-order valence-electron chi connectivity index (χ2n) is 4.92. The Kier molecular flexibility index (Phi) is 6.12. The minimum Gasteiger partial charge on any atom is -0.355 e. The lowest BCUT2D eigenvalue weighted by molar-refractivity contribution is -0.134. The Morgan fingerprint density at radius 3 is 2.39 bits per heavy atom. The number of carbonyl (C=O) groups is 2. The van der Waals surface area contributed by atoms with Crippen molar-refractivity contribution in [1.29, 1.82) is 0 Å². The van der Waals surface area contributed by atoms with Crippen molar-refractivity contribution in [3.63, 3.8) is 0 Å². The molecular weight excluding hydrogens is 230 g/mol. The van der Waals surface area contributed by atoms with Crippen LogP contribution in [-0.4, -0.2) is 38.0 Å². The summed E-state index contributed by atoms with van der Waals surface area (Å²) >= 11 is 0. The molecule has 1 saturated heterocycles. The highest BCUT2D eigenvalue weighted by Gasteiger charge is 2.37. The molecule has 0 aliphatic carbocycles. The summed E-state index contributed by atoms with van der Waals surface area (Å²) in [7, 11) is 0. The van der Waals surface area contributed by atoms with E-state index in [1.807, 2.05) is 13.8 Å². The molecule has 104 valence electrons. The molecule has 0 unspecified atom stereocenters. The van der Waals surface area contributed by atoms with E-state index in [1.54, 1.807) is 0 Å². The highest BCUT2D eigenvalue weighted by atomic mass is 16.2. The van der Waals surface area contributed by atoms with E-state index < -0.39 is 0 Å². The number of carbonyl (C=O) groups excluding carboxylic acids is 2. The first-order valence-electron chi connectivity index (χ1n) is 6.90. The van der Waals surface area contributed by atoms with Gasteiger partial charge in [0.2, 0.25) is 11.8 Å². The normalized spacial score (nSPS) is 18.1. The van der Waals surface area contributed by atoms with Crippen molar-refractivity contribution >= 4 is 11.8 Å². The zero-order valence-electron chi connectivity index (χ0n) is 11.5. The van der Waals surface area contributed by atoms with Crippen LogP contribution >= 0.6 is 0 Å². The highest BCUT2D eigenvalue weighted by Crippen LogP contribution is 2.32. The van der Waals surface area contributed by atoms with Gasteiger partial charge in [-0.05, 0) is 38.8 Å². The Morgan fingerprint density at radius 1 is 1.17 bits per heavy atom. The molecule has 2 amide bonds. The Balaban J connectivity index is 2.40. The van der Waals surface area contributed by atoms with Crippen LogP contribution in [0.2, 0.25) is 0 Å². The van der Waals surface area contributed by atoms with Crippen molar-refractivity contribution < 1.29 is 9.59 Å². The van der Waals surface area contributed by atoms with Gasteiger partial charge in [0.25, 0.3) is 0 Å². The van der Waals surface area contributed by atoms with E-state index in [2.05, 4.69) is 16.0 Å². The van der Waals surface area contributed by atoms with Gasteiger partial charge in [-0.25, -0.2) is 0 Å². The van der Waals surface area contributed by atoms with Crippen molar-refractivity contribution in [2.45, 2.75) is 39.5 Å². The molecule has 0 aromatic rings. The third kappa shape index (κ3) is 3.98. The Morgan fingerprint density at radius 2 is 1.83 bits per heavy atom. The number of nitrogens with one attached hydrogen (secondary N) is 3. The average Bonchev–Trinajstić information content (AvgIpc) is 2.43. The quantitative estimate of drug-likeness (QED) is 0.644. The molecular formula is C13H25N3O2. The van der Waals surface area contributed by atoms with E-state index in [4.69, 9.17) is 0 Å². The first kappa shape index (κ1) is 15.0. The Labute approximate surface area is 109 Å². The van der Waals surface area contributed by atoms with E-state index in [9.17, 15) is 9.59 Å². The standard InChI is InChI=1S/C13H25N3O2/c1-3-7-15-11(17)10-16-12(18)13(4-2)5-8-14-9-6-13/h14H,3-10H2,1-2H3,(H,15,17)(H,16,18). The lowest BCUT2D eigenvalue weighted by Crippen LogP contribution is -2.49. The van der Waals surface area contributed by atoms with Crippen molar-refractivity contribution in [1.82, 2.24) is 16.0 Å². The van der Waals surface area contributed by atoms with Crippen LogP contribution < -0.4 is 16.0 Å². The van der Waals surface area contributed by atoms with Crippen LogP contribution in [0.15, 0.2) is 0 Å². The summed E-state index contributed by atoms with van der Waals surface area (Å²) in [4.78, 5) is 23.7. The molecule has 0 aromatic heterocycles. The van der Waals surface area contributed by atoms with Gasteiger partial charge < -0.3 is 16.0 Å². The molecule has 5 nitrogen and oxygen atoms in total. The number of hydrogen-bond donors (Lipinski definition) is 3. The fourth-order valence-corrected chi connectivity index (χ4v) is 2.32. The maximum atomic E-state index is 12.2. The van der Waals surface area contributed by atoms with Crippen molar-refractivity contribution in [2.75, 3.05) is 26.2 Å². The molecule has 3 N–H and O–H groups in total. The van der Waals surface area contributed by atoms with Gasteiger partial charge in [0.1, 0.15) is 0 Å². The molecule has 1 heterocycles. The molecule has 1 fully saturated rings. The van der Waals surface area contributed by atoms with Gasteiger partial charge in [0, 0.05) is 6.54 Å². The van der Waals surface area contributed by atoms with Crippen LogP contribution in [0.1, 0.15) is 39.5 Å². The van der Waals surface area contributed by atoms with Crippen molar-refractivity contribution in [3.05, 3.63) is 0 Å². The third-order valence-electron chi connectivity index (χ3n) is 3.70. The number of amides is 2. The van der Waals surface area contributed by atoms with Crippen molar-refractivity contribution in [2.24, 2.45) is 5.41 Å². The number of hydrogen-bond acceptors (Lipinski definition) is 3. The van der Waals surface area contributed by atoms with Crippen LogP contribution in [-0.2, 0) is 9.59 Å². The summed E-state index contributed by atoms with van der Waals surface area (Å²) in [5.74, 6) is -0.0801. The monoisotopic (exact) mass is 255 g/mol. The lowest BCUT2D eigenvalue weighted by Gasteiger charge is -2.35. The molecule has 0 aromatic carbocycles. The van der Waals surface area contributed by atoms with E-state index in [0.29, 0.717) is 6.54 Å². The highest BCUT2D eigenvalue weighted by molar-refractivity contribution is 5.87. The minimum absolute atomic E-state index is 0.0261. The predicted molar refractivity (Wildman–Crippen MR) is 71.1 cm³/mol. The van der Waals surface area contributed by atoms with Gasteiger partial charge in [-0.3, -0.25) is 9.59 Å². The van der Waals surface area contributed by atoms with E-state index >= 15 is 0 Å². The fourth-order valence-electron chi connectivity index (χ4n) is 2.32. The molecule has 1 aliphatic rings. The van der Waals surface area contributed by atoms with Crippen molar-refractivity contribution in [3.8, 4) is 0 Å². The summed E-state index contributed by atoms with van der Waals surface area (Å²) in [5.41, 5.74) is -0.281. The summed E-state index contributed by atoms with van der Waals surface area (Å²) in [6.45, 7) is 6.56. The van der Waals surface area contributed by atoms with Gasteiger partial charge in [-0.15, -0.1) is 0 Å². The molecule has 18 heavy (non-hydrogen) atoms. The van der Waals surface area contributed by atoms with E-state index in [0.717, 1.165) is 38.8 Å². The zero-order chi connectivity index (χ0) is 13.4. The van der Waals surface area contributed by atoms with Crippen LogP contribution in [0, 0.1) is 5.41 Å². The summed E-state index contributed by atoms with van der Waals surface area (Å²) in [6, 6.07) is 0. The van der Waals surface area contributed by atoms with Gasteiger partial charge in [0.05, 0.1) is 12.0 Å². The minimum atomic E-state index is -0.281. The predicted octanol–water partition coefficient (Wildman–Crippen LogP) is 0.409. The van der Waals surface area contributed by atoms with E-state index in [1.165, 1.54) is 0 Å². The maximum absolute atomic E-state index is 12.2. The van der Waals surface area contributed by atoms with Gasteiger partial charge in [0.15, 0.2) is 0 Å². The second kappa shape index (κ2) is 7.36. The van der Waals surface area contributed by atoms with Crippen LogP contribution in [0.3, 0.4) is 0 Å². The number of rotatable bonds is 6. The molecule has 5 heteroatoms. The summed E-state index contributed by atoms with van der Waals surface area (Å²) in [6.07, 6.45) is 3.44. The molecule has 0 atom stereocenters. The first-order valence-corrected chi connectivity index (χ1v) is 6.90. The van der Waals surface area contributed by atoms with Crippen LogP contribution in [0.4, 0.5) is 0 Å². The summed E-state index contributed by atoms with van der Waals surface area (Å²) in [5, 5.41) is 8.79. The summed E-state index contributed by atoms with van der Waals surface area (Å²) < 4.78 is 0. The van der Waals surface area contributed by atoms with Gasteiger partial charge in [-0.2, -0.15) is 0 Å². The molecule has 0 radical (unpaired) electrons. The fraction of sp³-hybridized carbons (Fsp3) is 0.846.